The van der Waals surface area contributed by atoms with E-state index in [1.165, 1.54) is 6.08 Å². The summed E-state index contributed by atoms with van der Waals surface area (Å²) in [7, 11) is -3.42. The lowest BCUT2D eigenvalue weighted by Crippen LogP contribution is -2.10. The largest absolute Gasteiger partial charge is 0.455 e. The van der Waals surface area contributed by atoms with E-state index in [2.05, 4.69) is 4.72 Å². The lowest BCUT2D eigenvalue weighted by Gasteiger charge is -2.13. The van der Waals surface area contributed by atoms with E-state index in [0.29, 0.717) is 17.2 Å². The molecular formula is C16H14N2O3S. The van der Waals surface area contributed by atoms with Gasteiger partial charge in [0.2, 0.25) is 10.0 Å². The maximum atomic E-state index is 11.4. The smallest absolute Gasteiger partial charge is 0.229 e. The van der Waals surface area contributed by atoms with Crippen LogP contribution in [0.5, 0.6) is 11.5 Å². The summed E-state index contributed by atoms with van der Waals surface area (Å²) in [5, 5.41) is 8.58. The highest BCUT2D eigenvalue weighted by Crippen LogP contribution is 2.31. The second-order valence-electron chi connectivity index (χ2n) is 4.51. The van der Waals surface area contributed by atoms with Crippen LogP contribution in [0.2, 0.25) is 0 Å². The number of nitrogens with zero attached hydrogens (tertiary/aromatic N) is 1. The Morgan fingerprint density at radius 2 is 1.91 bits per heavy atom. The summed E-state index contributed by atoms with van der Waals surface area (Å²) in [5.41, 5.74) is 1.06. The number of allylic oxidation sites excluding steroid dienone is 1. The summed E-state index contributed by atoms with van der Waals surface area (Å²) in [4.78, 5) is 0. The van der Waals surface area contributed by atoms with E-state index < -0.39 is 10.0 Å². The second kappa shape index (κ2) is 6.78. The molecule has 0 bridgehead atoms. The van der Waals surface area contributed by atoms with Gasteiger partial charge in [0.1, 0.15) is 5.75 Å². The van der Waals surface area contributed by atoms with Crippen LogP contribution in [0.1, 0.15) is 5.56 Å². The minimum absolute atomic E-state index is 0.334. The van der Waals surface area contributed by atoms with E-state index in [-0.39, 0.29) is 0 Å². The Balaban J connectivity index is 2.41. The summed E-state index contributed by atoms with van der Waals surface area (Å²) in [5.74, 6) is 0.942. The van der Waals surface area contributed by atoms with Crippen molar-refractivity contribution in [2.24, 2.45) is 0 Å². The van der Waals surface area contributed by atoms with Gasteiger partial charge < -0.3 is 4.74 Å². The van der Waals surface area contributed by atoms with Crippen molar-refractivity contribution >= 4 is 21.8 Å². The third-order valence-electron chi connectivity index (χ3n) is 2.62. The monoisotopic (exact) mass is 314 g/mol. The molecule has 0 aliphatic heterocycles. The number of ether oxygens (including phenoxy) is 1. The molecule has 0 aliphatic rings. The van der Waals surface area contributed by atoms with Gasteiger partial charge in [0.25, 0.3) is 0 Å². The van der Waals surface area contributed by atoms with Gasteiger partial charge in [-0.15, -0.1) is 0 Å². The Morgan fingerprint density at radius 3 is 2.55 bits per heavy atom. The number of hydrogen-bond donors (Lipinski definition) is 1. The molecule has 0 unspecified atom stereocenters. The first-order valence-electron chi connectivity index (χ1n) is 6.39. The Kier molecular flexibility index (Phi) is 4.81. The van der Waals surface area contributed by atoms with Crippen LogP contribution in [-0.4, -0.2) is 14.7 Å². The molecule has 0 heterocycles. The van der Waals surface area contributed by atoms with Crippen molar-refractivity contribution < 1.29 is 13.2 Å². The number of sulfonamides is 1. The Morgan fingerprint density at radius 1 is 1.18 bits per heavy atom. The van der Waals surface area contributed by atoms with Crippen LogP contribution in [0.15, 0.2) is 54.6 Å². The Hall–Kier alpha value is -2.78. The summed E-state index contributed by atoms with van der Waals surface area (Å²) >= 11 is 0. The van der Waals surface area contributed by atoms with Crippen molar-refractivity contribution in [2.45, 2.75) is 0 Å². The molecule has 0 saturated carbocycles. The molecule has 0 aliphatic carbocycles. The first-order valence-corrected chi connectivity index (χ1v) is 8.28. The fourth-order valence-corrected chi connectivity index (χ4v) is 2.33. The molecule has 0 spiro atoms. The molecule has 112 valence electrons. The number of para-hydroxylation sites is 1. The van der Waals surface area contributed by atoms with Gasteiger partial charge in [0.15, 0.2) is 5.75 Å². The molecule has 0 amide bonds. The minimum atomic E-state index is -3.42. The zero-order chi connectivity index (χ0) is 16.0. The van der Waals surface area contributed by atoms with E-state index >= 15 is 0 Å². The van der Waals surface area contributed by atoms with Crippen LogP contribution in [-0.2, 0) is 10.0 Å². The van der Waals surface area contributed by atoms with Gasteiger partial charge in [-0.3, -0.25) is 4.72 Å². The number of anilines is 1. The normalized spacial score (nSPS) is 11.1. The maximum Gasteiger partial charge on any atom is 0.229 e. The highest BCUT2D eigenvalue weighted by molar-refractivity contribution is 7.92. The van der Waals surface area contributed by atoms with Gasteiger partial charge in [0.05, 0.1) is 18.0 Å². The summed E-state index contributed by atoms with van der Waals surface area (Å²) in [6.07, 6.45) is 4.02. The van der Waals surface area contributed by atoms with Crippen molar-refractivity contribution in [1.29, 1.82) is 5.26 Å². The Bertz CT molecular complexity index is 822. The van der Waals surface area contributed by atoms with E-state index in [1.54, 1.807) is 36.4 Å². The standard InChI is InChI=1S/C16H14N2O3S/c1-22(19,20)18-15-10-9-13(6-5-11-17)12-16(15)21-14-7-3-2-4-8-14/h2-10,12,18H,1H3/b6-5+. The van der Waals surface area contributed by atoms with Gasteiger partial charge in [0, 0.05) is 6.08 Å². The van der Waals surface area contributed by atoms with Gasteiger partial charge >= 0.3 is 0 Å². The quantitative estimate of drug-likeness (QED) is 0.858. The SMILES string of the molecule is CS(=O)(=O)Nc1ccc(/C=C/C#N)cc1Oc1ccccc1. The van der Waals surface area contributed by atoms with Gasteiger partial charge in [-0.1, -0.05) is 24.3 Å². The van der Waals surface area contributed by atoms with Crippen LogP contribution < -0.4 is 9.46 Å². The average Bonchev–Trinajstić information content (AvgIpc) is 2.47. The molecule has 0 radical (unpaired) electrons. The van der Waals surface area contributed by atoms with E-state index in [9.17, 15) is 8.42 Å². The number of benzene rings is 2. The van der Waals surface area contributed by atoms with Crippen molar-refractivity contribution in [2.75, 3.05) is 11.0 Å². The van der Waals surface area contributed by atoms with Crippen molar-refractivity contribution in [1.82, 2.24) is 0 Å². The van der Waals surface area contributed by atoms with Crippen LogP contribution >= 0.6 is 0 Å². The summed E-state index contributed by atoms with van der Waals surface area (Å²) in [6.45, 7) is 0. The van der Waals surface area contributed by atoms with Gasteiger partial charge in [-0.25, -0.2) is 8.42 Å². The molecule has 0 saturated heterocycles. The number of hydrogen-bond acceptors (Lipinski definition) is 4. The number of rotatable bonds is 5. The molecule has 22 heavy (non-hydrogen) atoms. The molecule has 0 fully saturated rings. The van der Waals surface area contributed by atoms with Crippen LogP contribution in [0.25, 0.3) is 6.08 Å². The van der Waals surface area contributed by atoms with Crippen molar-refractivity contribution in [3.8, 4) is 17.6 Å². The van der Waals surface area contributed by atoms with Crippen molar-refractivity contribution in [3.05, 3.63) is 60.2 Å². The maximum absolute atomic E-state index is 11.4. The highest BCUT2D eigenvalue weighted by Gasteiger charge is 2.10. The minimum Gasteiger partial charge on any atom is -0.455 e. The third kappa shape index (κ3) is 4.65. The van der Waals surface area contributed by atoms with Crippen molar-refractivity contribution in [3.63, 3.8) is 0 Å². The topological polar surface area (TPSA) is 79.2 Å². The summed E-state index contributed by atoms with van der Waals surface area (Å²) < 4.78 is 31.0. The van der Waals surface area contributed by atoms with Crippen LogP contribution in [0.4, 0.5) is 5.69 Å². The molecule has 2 rings (SSSR count). The van der Waals surface area contributed by atoms with E-state index in [0.717, 1.165) is 11.8 Å². The zero-order valence-corrected chi connectivity index (χ0v) is 12.7. The molecule has 5 nitrogen and oxygen atoms in total. The molecule has 2 aromatic rings. The zero-order valence-electron chi connectivity index (χ0n) is 11.9. The lowest BCUT2D eigenvalue weighted by atomic mass is 10.2. The van der Waals surface area contributed by atoms with Gasteiger partial charge in [-0.2, -0.15) is 5.26 Å². The molecule has 0 aromatic heterocycles. The predicted molar refractivity (Wildman–Crippen MR) is 86.1 cm³/mol. The highest BCUT2D eigenvalue weighted by atomic mass is 32.2. The lowest BCUT2D eigenvalue weighted by molar-refractivity contribution is 0.484. The third-order valence-corrected chi connectivity index (χ3v) is 3.21. The van der Waals surface area contributed by atoms with E-state index in [1.807, 2.05) is 24.3 Å². The first-order chi connectivity index (χ1) is 10.5. The molecule has 6 heteroatoms. The molecule has 1 N–H and O–H groups in total. The second-order valence-corrected chi connectivity index (χ2v) is 6.26. The molecule has 0 atom stereocenters. The van der Waals surface area contributed by atoms with Gasteiger partial charge in [-0.05, 0) is 35.9 Å². The fourth-order valence-electron chi connectivity index (χ4n) is 1.76. The Labute approximate surface area is 129 Å². The summed E-state index contributed by atoms with van der Waals surface area (Å²) in [6, 6.07) is 15.9. The average molecular weight is 314 g/mol. The van der Waals surface area contributed by atoms with E-state index in [4.69, 9.17) is 10.00 Å². The van der Waals surface area contributed by atoms with Crippen LogP contribution in [0, 0.1) is 11.3 Å². The number of nitrogens with one attached hydrogen (secondary N) is 1. The van der Waals surface area contributed by atoms with Crippen LogP contribution in [0.3, 0.4) is 0 Å². The predicted octanol–water partition coefficient (Wildman–Crippen LogP) is 3.39. The molecular weight excluding hydrogens is 300 g/mol. The number of nitriles is 1. The first kappa shape index (κ1) is 15.6. The fraction of sp³-hybridized carbons (Fsp3) is 0.0625. The molecule has 2 aromatic carbocycles.